The number of thioether (sulfide) groups is 1. The maximum absolute atomic E-state index is 5.68. The lowest BCUT2D eigenvalue weighted by molar-refractivity contribution is 0.318. The Bertz CT molecular complexity index is 666. The Balaban J connectivity index is 1.47. The smallest absolute Gasteiger partial charge is 0.137 e. The molecule has 0 saturated heterocycles. The first kappa shape index (κ1) is 13.1. The van der Waals surface area contributed by atoms with E-state index in [1.807, 2.05) is 66.6 Å². The Labute approximate surface area is 122 Å². The van der Waals surface area contributed by atoms with Gasteiger partial charge in [-0.25, -0.2) is 4.98 Å². The van der Waals surface area contributed by atoms with Crippen LogP contribution < -0.4 is 4.74 Å². The minimum atomic E-state index is 0.747. The lowest BCUT2D eigenvalue weighted by atomic mass is 10.3. The molecule has 1 aromatic carbocycles. The van der Waals surface area contributed by atoms with Gasteiger partial charge in [0.1, 0.15) is 11.4 Å². The molecule has 0 radical (unpaired) electrons. The van der Waals surface area contributed by atoms with Gasteiger partial charge in [-0.15, -0.1) is 11.8 Å². The number of hydrogen-bond donors (Lipinski definition) is 0. The molecule has 20 heavy (non-hydrogen) atoms. The summed E-state index contributed by atoms with van der Waals surface area (Å²) in [5.41, 5.74) is 0.996. The van der Waals surface area contributed by atoms with Crippen LogP contribution in [-0.4, -0.2) is 21.7 Å². The molecule has 2 aromatic heterocycles. The zero-order chi connectivity index (χ0) is 13.6. The van der Waals surface area contributed by atoms with Gasteiger partial charge < -0.3 is 4.74 Å². The third kappa shape index (κ3) is 3.14. The standard InChI is InChI=1S/C16H16N2OS/c1-2-6-14(7-3-1)19-12-5-13-20-16-9-4-8-15-17-10-11-18(15)16/h1-4,6-11H,5,12-13H2. The highest BCUT2D eigenvalue weighted by atomic mass is 32.2. The third-order valence-corrected chi connectivity index (χ3v) is 4.06. The van der Waals surface area contributed by atoms with E-state index in [-0.39, 0.29) is 0 Å². The molecule has 0 fully saturated rings. The number of fused-ring (bicyclic) bond motifs is 1. The number of hydrogen-bond acceptors (Lipinski definition) is 3. The molecule has 0 bridgehead atoms. The molecule has 0 atom stereocenters. The summed E-state index contributed by atoms with van der Waals surface area (Å²) in [5.74, 6) is 1.97. The number of imidazole rings is 1. The second kappa shape index (κ2) is 6.48. The molecular weight excluding hydrogens is 268 g/mol. The molecular formula is C16H16N2OS. The Morgan fingerprint density at radius 1 is 1.05 bits per heavy atom. The van der Waals surface area contributed by atoms with Crippen LogP contribution in [0.15, 0.2) is 66.0 Å². The Kier molecular flexibility index (Phi) is 4.23. The van der Waals surface area contributed by atoms with Crippen molar-refractivity contribution in [1.29, 1.82) is 0 Å². The number of benzene rings is 1. The molecule has 2 heterocycles. The van der Waals surface area contributed by atoms with Crippen molar-refractivity contribution in [2.24, 2.45) is 0 Å². The van der Waals surface area contributed by atoms with E-state index in [2.05, 4.69) is 15.5 Å². The molecule has 3 rings (SSSR count). The highest BCUT2D eigenvalue weighted by Crippen LogP contribution is 2.20. The molecule has 0 aliphatic heterocycles. The fourth-order valence-electron chi connectivity index (χ4n) is 1.98. The minimum absolute atomic E-state index is 0.747. The van der Waals surface area contributed by atoms with Gasteiger partial charge in [0.25, 0.3) is 0 Å². The van der Waals surface area contributed by atoms with Gasteiger partial charge in [-0.2, -0.15) is 0 Å². The molecule has 0 amide bonds. The number of nitrogens with zero attached hydrogens (tertiary/aromatic N) is 2. The summed E-state index contributed by atoms with van der Waals surface area (Å²) in [5, 5.41) is 1.22. The Morgan fingerprint density at radius 2 is 1.95 bits per heavy atom. The van der Waals surface area contributed by atoms with Gasteiger partial charge >= 0.3 is 0 Å². The zero-order valence-corrected chi connectivity index (χ0v) is 11.9. The highest BCUT2D eigenvalue weighted by molar-refractivity contribution is 7.99. The van der Waals surface area contributed by atoms with Crippen LogP contribution in [0.5, 0.6) is 5.75 Å². The first-order valence-electron chi connectivity index (χ1n) is 6.66. The molecule has 0 spiro atoms. The predicted molar refractivity (Wildman–Crippen MR) is 82.5 cm³/mol. The summed E-state index contributed by atoms with van der Waals surface area (Å²) >= 11 is 1.83. The maximum atomic E-state index is 5.68. The van der Waals surface area contributed by atoms with E-state index in [1.54, 1.807) is 0 Å². The Hall–Kier alpha value is -1.94. The normalized spacial score (nSPS) is 10.8. The summed E-state index contributed by atoms with van der Waals surface area (Å²) < 4.78 is 7.80. The average Bonchev–Trinajstić information content (AvgIpc) is 2.97. The van der Waals surface area contributed by atoms with Gasteiger partial charge in [-0.1, -0.05) is 24.3 Å². The van der Waals surface area contributed by atoms with Crippen molar-refractivity contribution in [3.05, 3.63) is 60.9 Å². The largest absolute Gasteiger partial charge is 0.494 e. The third-order valence-electron chi connectivity index (χ3n) is 2.94. The van der Waals surface area contributed by atoms with Crippen molar-refractivity contribution in [2.75, 3.05) is 12.4 Å². The predicted octanol–water partition coefficient (Wildman–Crippen LogP) is 3.90. The lowest BCUT2D eigenvalue weighted by Crippen LogP contribution is -1.99. The molecule has 3 nitrogen and oxygen atoms in total. The van der Waals surface area contributed by atoms with Crippen LogP contribution in [-0.2, 0) is 0 Å². The molecule has 0 aliphatic carbocycles. The quantitative estimate of drug-likeness (QED) is 0.507. The van der Waals surface area contributed by atoms with Crippen LogP contribution in [0.2, 0.25) is 0 Å². The van der Waals surface area contributed by atoms with Gasteiger partial charge in [0, 0.05) is 18.1 Å². The molecule has 4 heteroatoms. The molecule has 0 unspecified atom stereocenters. The number of aromatic nitrogens is 2. The van der Waals surface area contributed by atoms with E-state index in [0.717, 1.165) is 30.2 Å². The van der Waals surface area contributed by atoms with Gasteiger partial charge in [0.15, 0.2) is 0 Å². The lowest BCUT2D eigenvalue weighted by Gasteiger charge is -2.07. The van der Waals surface area contributed by atoms with Gasteiger partial charge in [-0.05, 0) is 30.7 Å². The summed E-state index contributed by atoms with van der Waals surface area (Å²) in [6.45, 7) is 0.747. The minimum Gasteiger partial charge on any atom is -0.494 e. The zero-order valence-electron chi connectivity index (χ0n) is 11.1. The van der Waals surface area contributed by atoms with Crippen molar-refractivity contribution >= 4 is 17.4 Å². The van der Waals surface area contributed by atoms with Gasteiger partial charge in [0.2, 0.25) is 0 Å². The van der Waals surface area contributed by atoms with Crippen LogP contribution in [0.1, 0.15) is 6.42 Å². The van der Waals surface area contributed by atoms with Crippen LogP contribution in [0.4, 0.5) is 0 Å². The molecule has 0 saturated carbocycles. The van der Waals surface area contributed by atoms with Gasteiger partial charge in [0.05, 0.1) is 11.6 Å². The van der Waals surface area contributed by atoms with Crippen molar-refractivity contribution < 1.29 is 4.74 Å². The average molecular weight is 284 g/mol. The highest BCUT2D eigenvalue weighted by Gasteiger charge is 2.01. The first-order chi connectivity index (χ1) is 9.93. The SMILES string of the molecule is c1ccc(OCCCSc2cccc3nccn23)cc1. The van der Waals surface area contributed by atoms with Crippen LogP contribution >= 0.6 is 11.8 Å². The fraction of sp³-hybridized carbons (Fsp3) is 0.188. The van der Waals surface area contributed by atoms with Crippen molar-refractivity contribution in [3.8, 4) is 5.75 Å². The van der Waals surface area contributed by atoms with E-state index in [1.165, 1.54) is 5.03 Å². The number of ether oxygens (including phenoxy) is 1. The monoisotopic (exact) mass is 284 g/mol. The second-order valence-corrected chi connectivity index (χ2v) is 5.50. The second-order valence-electron chi connectivity index (χ2n) is 4.38. The van der Waals surface area contributed by atoms with E-state index < -0.39 is 0 Å². The van der Waals surface area contributed by atoms with E-state index in [4.69, 9.17) is 4.74 Å². The number of pyridine rings is 1. The number of rotatable bonds is 6. The van der Waals surface area contributed by atoms with Crippen LogP contribution in [0.3, 0.4) is 0 Å². The topological polar surface area (TPSA) is 26.5 Å². The first-order valence-corrected chi connectivity index (χ1v) is 7.65. The molecule has 0 aliphatic rings. The maximum Gasteiger partial charge on any atom is 0.137 e. The van der Waals surface area contributed by atoms with Crippen molar-refractivity contribution in [2.45, 2.75) is 11.4 Å². The van der Waals surface area contributed by atoms with Crippen molar-refractivity contribution in [1.82, 2.24) is 9.38 Å². The fourth-order valence-corrected chi connectivity index (χ4v) is 2.92. The summed E-state index contributed by atoms with van der Waals surface area (Å²) in [6, 6.07) is 16.1. The Morgan fingerprint density at radius 3 is 2.85 bits per heavy atom. The number of para-hydroxylation sites is 1. The molecule has 102 valence electrons. The summed E-state index contributed by atoms with van der Waals surface area (Å²) in [4.78, 5) is 4.29. The molecule has 3 aromatic rings. The van der Waals surface area contributed by atoms with Crippen LogP contribution in [0.25, 0.3) is 5.65 Å². The van der Waals surface area contributed by atoms with Gasteiger partial charge in [-0.3, -0.25) is 4.40 Å². The van der Waals surface area contributed by atoms with E-state index in [9.17, 15) is 0 Å². The van der Waals surface area contributed by atoms with E-state index >= 15 is 0 Å². The van der Waals surface area contributed by atoms with E-state index in [0.29, 0.717) is 0 Å². The van der Waals surface area contributed by atoms with Crippen LogP contribution in [0, 0.1) is 0 Å². The van der Waals surface area contributed by atoms with Crippen molar-refractivity contribution in [3.63, 3.8) is 0 Å². The summed E-state index contributed by atoms with van der Waals surface area (Å²) in [6.07, 6.45) is 4.85. The molecule has 0 N–H and O–H groups in total. The summed E-state index contributed by atoms with van der Waals surface area (Å²) in [7, 11) is 0.